The molecule has 1 atom stereocenters. The van der Waals surface area contributed by atoms with E-state index in [-0.39, 0.29) is 47.1 Å². The zero-order chi connectivity index (χ0) is 46.2. The first-order valence-corrected chi connectivity index (χ1v) is 23.9. The Morgan fingerprint density at radius 3 is 2.55 bits per heavy atom. The number of hydrogen-bond donors (Lipinski definition) is 3. The number of nitrogens with one attached hydrogen (secondary N) is 3. The fourth-order valence-corrected chi connectivity index (χ4v) is 10.2. The number of morpholine rings is 1. The van der Waals surface area contributed by atoms with Gasteiger partial charge in [-0.2, -0.15) is 0 Å². The Morgan fingerprint density at radius 1 is 1.02 bits per heavy atom. The van der Waals surface area contributed by atoms with Crippen LogP contribution in [0.5, 0.6) is 17.2 Å². The van der Waals surface area contributed by atoms with Crippen LogP contribution in [0.25, 0.3) is 16.6 Å². The van der Waals surface area contributed by atoms with Crippen LogP contribution in [0, 0.1) is 15.5 Å². The molecule has 2 fully saturated rings. The summed E-state index contributed by atoms with van der Waals surface area (Å²) in [6.07, 6.45) is 6.41. The molecule has 0 bridgehead atoms. The van der Waals surface area contributed by atoms with Gasteiger partial charge in [0.15, 0.2) is 11.4 Å². The summed E-state index contributed by atoms with van der Waals surface area (Å²) in [7, 11) is -4.72. The van der Waals surface area contributed by atoms with Crippen molar-refractivity contribution in [3.63, 3.8) is 0 Å². The molecule has 3 aromatic carbocycles. The van der Waals surface area contributed by atoms with E-state index in [0.717, 1.165) is 67.1 Å². The third kappa shape index (κ3) is 9.96. The van der Waals surface area contributed by atoms with Gasteiger partial charge in [-0.1, -0.05) is 43.2 Å². The topological polar surface area (TPSA) is 202 Å². The van der Waals surface area contributed by atoms with Gasteiger partial charge in [0.25, 0.3) is 21.6 Å². The number of allylic oxidation sites excluding steroid dienone is 1. The van der Waals surface area contributed by atoms with Crippen molar-refractivity contribution < 1.29 is 37.1 Å². The van der Waals surface area contributed by atoms with Crippen LogP contribution in [0.2, 0.25) is 5.02 Å². The van der Waals surface area contributed by atoms with Crippen molar-refractivity contribution in [2.45, 2.75) is 50.5 Å². The average Bonchev–Trinajstić information content (AvgIpc) is 3.78. The number of piperazine rings is 1. The molecule has 2 amide bonds. The first-order valence-electron chi connectivity index (χ1n) is 22.0. The van der Waals surface area contributed by atoms with Gasteiger partial charge in [-0.05, 0) is 72.2 Å². The lowest BCUT2D eigenvalue weighted by Gasteiger charge is -2.39. The van der Waals surface area contributed by atoms with E-state index >= 15 is 0 Å². The van der Waals surface area contributed by atoms with Crippen LogP contribution in [-0.4, -0.2) is 117 Å². The number of carbonyl (C=O) groups is 2. The zero-order valence-electron chi connectivity index (χ0n) is 36.7. The molecule has 5 aromatic rings. The van der Waals surface area contributed by atoms with Gasteiger partial charge in [0.05, 0.1) is 47.3 Å². The van der Waals surface area contributed by atoms with E-state index in [1.807, 2.05) is 18.2 Å². The number of pyridine rings is 1. The van der Waals surface area contributed by atoms with Gasteiger partial charge in [-0.3, -0.25) is 24.6 Å². The van der Waals surface area contributed by atoms with E-state index < -0.39 is 37.5 Å². The van der Waals surface area contributed by atoms with Crippen molar-refractivity contribution in [1.29, 1.82) is 0 Å². The maximum atomic E-state index is 14.1. The largest absolute Gasteiger partial charge is 0.489 e. The highest BCUT2D eigenvalue weighted by Gasteiger charge is 2.34. The number of rotatable bonds is 12. The molecule has 2 aromatic heterocycles. The van der Waals surface area contributed by atoms with Crippen LogP contribution < -0.4 is 24.4 Å². The molecule has 346 valence electrons. The van der Waals surface area contributed by atoms with Gasteiger partial charge in [0, 0.05) is 86.3 Å². The highest BCUT2D eigenvalue weighted by atomic mass is 35.5. The standard InChI is InChI=1S/C47H51ClN8O9S/c1-47(2)11-9-32(39(26-47)30-3-5-33(48)6-4-30)28-53-13-15-54(16-14-53)35-7-8-38(41(23-35)65-36-21-31-10-12-49-45(31)50-27-36)46(58)52-66(61,62)37-24-40(56(59)60)44-42(25-37)64-29-34(51-44)22-43(57)55-17-19-63-20-18-55/h3-8,10,12,21,23-25,27,34,51H,9,11,13-20,22,26,28-29H2,1-2H3,(H,49,50)(H,52,58)/t34-/m1/s1. The molecule has 17 nitrogen and oxygen atoms in total. The Labute approximate surface area is 387 Å². The lowest BCUT2D eigenvalue weighted by atomic mass is 9.72. The van der Waals surface area contributed by atoms with Gasteiger partial charge < -0.3 is 34.3 Å². The minimum absolute atomic E-state index is 0.00493. The molecule has 1 aliphatic carbocycles. The number of anilines is 2. The number of nitro groups is 1. The Bertz CT molecular complexity index is 2820. The third-order valence-corrected chi connectivity index (χ3v) is 14.3. The predicted octanol–water partition coefficient (Wildman–Crippen LogP) is 7.24. The van der Waals surface area contributed by atoms with Gasteiger partial charge in [0.1, 0.15) is 23.8 Å². The maximum Gasteiger partial charge on any atom is 0.297 e. The molecule has 19 heteroatoms. The fourth-order valence-electron chi connectivity index (χ4n) is 9.05. The van der Waals surface area contributed by atoms with Crippen molar-refractivity contribution in [2.24, 2.45) is 5.41 Å². The Morgan fingerprint density at radius 2 is 1.79 bits per heavy atom. The van der Waals surface area contributed by atoms with E-state index in [0.29, 0.717) is 50.8 Å². The van der Waals surface area contributed by atoms with E-state index in [2.05, 4.69) is 55.8 Å². The molecule has 5 heterocycles. The second kappa shape index (κ2) is 18.6. The number of H-pyrrole nitrogens is 1. The highest BCUT2D eigenvalue weighted by Crippen LogP contribution is 2.44. The number of benzene rings is 3. The van der Waals surface area contributed by atoms with Crippen molar-refractivity contribution in [3.05, 3.63) is 111 Å². The van der Waals surface area contributed by atoms with Crippen LogP contribution in [0.1, 0.15) is 55.5 Å². The molecule has 66 heavy (non-hydrogen) atoms. The molecule has 2 saturated heterocycles. The van der Waals surface area contributed by atoms with Gasteiger partial charge >= 0.3 is 0 Å². The fraction of sp³-hybridized carbons (Fsp3) is 0.383. The summed E-state index contributed by atoms with van der Waals surface area (Å²) >= 11 is 6.25. The lowest BCUT2D eigenvalue weighted by molar-refractivity contribution is -0.384. The number of sulfonamides is 1. The minimum atomic E-state index is -4.72. The summed E-state index contributed by atoms with van der Waals surface area (Å²) in [5.74, 6) is -0.873. The predicted molar refractivity (Wildman–Crippen MR) is 250 cm³/mol. The number of amides is 2. The first kappa shape index (κ1) is 45.0. The second-order valence-corrected chi connectivity index (χ2v) is 20.0. The number of ether oxygens (including phenoxy) is 3. The quantitative estimate of drug-likeness (QED) is 0.0836. The average molecular weight is 939 g/mol. The van der Waals surface area contributed by atoms with Crippen molar-refractivity contribution >= 4 is 67.1 Å². The SMILES string of the molecule is CC1(C)CCC(CN2CCN(c3ccc(C(=O)NS(=O)(=O)c4cc5c(c([N+](=O)[O-])c4)N[C@H](CC(=O)N4CCOCC4)CO5)c(Oc4cnc5[nH]ccc5c4)c3)CC2)=C(c2ccc(Cl)cc2)C1. The molecule has 0 unspecified atom stereocenters. The Kier molecular flexibility index (Phi) is 12.7. The van der Waals surface area contributed by atoms with E-state index in [4.69, 9.17) is 25.8 Å². The summed E-state index contributed by atoms with van der Waals surface area (Å²) in [6.45, 7) is 10.2. The second-order valence-electron chi connectivity index (χ2n) is 17.9. The molecule has 0 spiro atoms. The van der Waals surface area contributed by atoms with Crippen LogP contribution in [0.4, 0.5) is 17.1 Å². The smallest absolute Gasteiger partial charge is 0.297 e. The maximum absolute atomic E-state index is 14.1. The van der Waals surface area contributed by atoms with E-state index in [9.17, 15) is 28.1 Å². The number of nitrogens with zero attached hydrogens (tertiary/aromatic N) is 5. The van der Waals surface area contributed by atoms with Crippen LogP contribution >= 0.6 is 11.6 Å². The highest BCUT2D eigenvalue weighted by molar-refractivity contribution is 7.90. The van der Waals surface area contributed by atoms with E-state index in [1.165, 1.54) is 29.0 Å². The monoisotopic (exact) mass is 938 g/mol. The van der Waals surface area contributed by atoms with Gasteiger partial charge in [0.2, 0.25) is 5.91 Å². The number of fused-ring (bicyclic) bond motifs is 2. The van der Waals surface area contributed by atoms with Crippen molar-refractivity contribution in [2.75, 3.05) is 75.9 Å². The number of aromatic amines is 1. The molecular weight excluding hydrogens is 888 g/mol. The summed E-state index contributed by atoms with van der Waals surface area (Å²) in [6, 6.07) is 18.1. The molecule has 0 saturated carbocycles. The van der Waals surface area contributed by atoms with E-state index in [1.54, 1.807) is 29.3 Å². The van der Waals surface area contributed by atoms with Crippen molar-refractivity contribution in [1.82, 2.24) is 24.5 Å². The molecule has 3 aliphatic heterocycles. The summed E-state index contributed by atoms with van der Waals surface area (Å²) in [5.41, 5.74) is 4.95. The van der Waals surface area contributed by atoms with Gasteiger partial charge in [-0.25, -0.2) is 18.1 Å². The molecule has 3 N–H and O–H groups in total. The van der Waals surface area contributed by atoms with Crippen LogP contribution in [0.15, 0.2) is 89.6 Å². The Balaban J connectivity index is 0.931. The molecule has 4 aliphatic rings. The number of aromatic nitrogens is 2. The van der Waals surface area contributed by atoms with Gasteiger partial charge in [-0.15, -0.1) is 0 Å². The Hall–Kier alpha value is -6.21. The normalized spacial score (nSPS) is 18.9. The summed E-state index contributed by atoms with van der Waals surface area (Å²) < 4.78 is 47.4. The van der Waals surface area contributed by atoms with Crippen LogP contribution in [-0.2, 0) is 19.6 Å². The number of hydrogen-bond acceptors (Lipinski definition) is 13. The minimum Gasteiger partial charge on any atom is -0.489 e. The summed E-state index contributed by atoms with van der Waals surface area (Å²) in [4.78, 5) is 51.8. The molecule has 9 rings (SSSR count). The molecule has 0 radical (unpaired) electrons. The van der Waals surface area contributed by atoms with Crippen molar-refractivity contribution in [3.8, 4) is 17.2 Å². The first-order chi connectivity index (χ1) is 31.7. The molecular formula is C47H51ClN8O9S. The number of carbonyl (C=O) groups excluding carboxylic acids is 2. The zero-order valence-corrected chi connectivity index (χ0v) is 38.3. The number of nitro benzene ring substituents is 1. The third-order valence-electron chi connectivity index (χ3n) is 12.7. The lowest BCUT2D eigenvalue weighted by Crippen LogP contribution is -2.47. The van der Waals surface area contributed by atoms with Crippen LogP contribution in [0.3, 0.4) is 0 Å². The summed E-state index contributed by atoms with van der Waals surface area (Å²) in [5, 5.41) is 16.8. The number of halogens is 1.